The Labute approximate surface area is 114 Å². The molecule has 0 spiro atoms. The van der Waals surface area contributed by atoms with Gasteiger partial charge in [0.1, 0.15) is 0 Å². The number of amides is 2. The van der Waals surface area contributed by atoms with Gasteiger partial charge in [-0.2, -0.15) is 0 Å². The maximum absolute atomic E-state index is 12.0. The molecular weight excluding hydrogens is 244 g/mol. The van der Waals surface area contributed by atoms with Gasteiger partial charge in [-0.15, -0.1) is 0 Å². The van der Waals surface area contributed by atoms with E-state index in [1.807, 2.05) is 4.90 Å². The van der Waals surface area contributed by atoms with E-state index >= 15 is 0 Å². The zero-order valence-corrected chi connectivity index (χ0v) is 11.6. The Balaban J connectivity index is 1.75. The quantitative estimate of drug-likeness (QED) is 0.821. The van der Waals surface area contributed by atoms with Gasteiger partial charge in [-0.05, 0) is 37.5 Å². The van der Waals surface area contributed by atoms with Gasteiger partial charge in [-0.3, -0.25) is 4.79 Å². The van der Waals surface area contributed by atoms with Crippen molar-refractivity contribution in [3.8, 4) is 0 Å². The summed E-state index contributed by atoms with van der Waals surface area (Å²) in [6.07, 6.45) is 4.74. The lowest BCUT2D eigenvalue weighted by molar-refractivity contribution is -0.142. The zero-order valence-electron chi connectivity index (χ0n) is 11.6. The van der Waals surface area contributed by atoms with Crippen molar-refractivity contribution in [2.75, 3.05) is 19.6 Å². The smallest absolute Gasteiger partial charge is 0.317 e. The zero-order chi connectivity index (χ0) is 13.8. The van der Waals surface area contributed by atoms with Crippen LogP contribution >= 0.6 is 0 Å². The van der Waals surface area contributed by atoms with Gasteiger partial charge in [0.2, 0.25) is 0 Å². The summed E-state index contributed by atoms with van der Waals surface area (Å²) < 4.78 is 0. The first-order valence-corrected chi connectivity index (χ1v) is 7.33. The maximum atomic E-state index is 12.0. The van der Waals surface area contributed by atoms with Crippen molar-refractivity contribution in [3.05, 3.63) is 0 Å². The maximum Gasteiger partial charge on any atom is 0.317 e. The number of aliphatic carboxylic acids is 1. The van der Waals surface area contributed by atoms with Gasteiger partial charge >= 0.3 is 12.0 Å². The minimum atomic E-state index is -0.719. The highest BCUT2D eigenvalue weighted by Gasteiger charge is 2.33. The van der Waals surface area contributed by atoms with E-state index in [1.165, 1.54) is 0 Å². The highest BCUT2D eigenvalue weighted by Crippen LogP contribution is 2.31. The first kappa shape index (κ1) is 14.2. The largest absolute Gasteiger partial charge is 0.481 e. The van der Waals surface area contributed by atoms with Crippen LogP contribution < -0.4 is 5.32 Å². The predicted molar refractivity (Wildman–Crippen MR) is 71.8 cm³/mol. The molecule has 2 aliphatic rings. The molecule has 0 radical (unpaired) electrons. The molecule has 1 aliphatic heterocycles. The number of rotatable bonds is 3. The van der Waals surface area contributed by atoms with Crippen LogP contribution in [-0.2, 0) is 4.79 Å². The Kier molecular flexibility index (Phi) is 4.66. The van der Waals surface area contributed by atoms with Crippen molar-refractivity contribution >= 4 is 12.0 Å². The minimum Gasteiger partial charge on any atom is -0.481 e. The Bertz CT molecular complexity index is 338. The van der Waals surface area contributed by atoms with Gasteiger partial charge < -0.3 is 15.3 Å². The average molecular weight is 268 g/mol. The van der Waals surface area contributed by atoms with Gasteiger partial charge in [0.15, 0.2) is 0 Å². The minimum absolute atomic E-state index is 0.0251. The van der Waals surface area contributed by atoms with E-state index in [0.717, 1.165) is 45.2 Å². The molecule has 1 saturated carbocycles. The Morgan fingerprint density at radius 1 is 1.21 bits per heavy atom. The Morgan fingerprint density at radius 2 is 1.89 bits per heavy atom. The molecule has 1 heterocycles. The Hall–Kier alpha value is -1.26. The fourth-order valence-electron chi connectivity index (χ4n) is 3.15. The van der Waals surface area contributed by atoms with Crippen LogP contribution in [0.25, 0.3) is 0 Å². The summed E-state index contributed by atoms with van der Waals surface area (Å²) in [5.74, 6) is -0.189. The second-order valence-corrected chi connectivity index (χ2v) is 5.99. The van der Waals surface area contributed by atoms with Crippen LogP contribution in [0.15, 0.2) is 0 Å². The van der Waals surface area contributed by atoms with Crippen LogP contribution in [0.3, 0.4) is 0 Å². The van der Waals surface area contributed by atoms with Crippen molar-refractivity contribution in [2.45, 2.75) is 39.0 Å². The summed E-state index contributed by atoms with van der Waals surface area (Å²) in [5, 5.41) is 12.0. The predicted octanol–water partition coefficient (Wildman–Crippen LogP) is 1.93. The highest BCUT2D eigenvalue weighted by atomic mass is 16.4. The molecule has 19 heavy (non-hydrogen) atoms. The van der Waals surface area contributed by atoms with Crippen LogP contribution in [0.1, 0.15) is 39.0 Å². The molecule has 0 aromatic carbocycles. The number of urea groups is 1. The van der Waals surface area contributed by atoms with Gasteiger partial charge in [0, 0.05) is 19.6 Å². The lowest BCUT2D eigenvalue weighted by Gasteiger charge is -2.31. The summed E-state index contributed by atoms with van der Waals surface area (Å²) in [6, 6.07) is -0.0251. The first-order chi connectivity index (χ1) is 9.08. The number of nitrogens with zero attached hydrogens (tertiary/aromatic N) is 1. The summed E-state index contributed by atoms with van der Waals surface area (Å²) in [6.45, 7) is 4.35. The highest BCUT2D eigenvalue weighted by molar-refractivity contribution is 5.74. The van der Waals surface area contributed by atoms with Gasteiger partial charge in [-0.1, -0.05) is 13.3 Å². The number of piperidine rings is 1. The molecule has 0 aromatic rings. The van der Waals surface area contributed by atoms with Crippen molar-refractivity contribution in [2.24, 2.45) is 17.8 Å². The van der Waals surface area contributed by atoms with E-state index in [1.54, 1.807) is 0 Å². The van der Waals surface area contributed by atoms with Crippen molar-refractivity contribution in [1.29, 1.82) is 0 Å². The van der Waals surface area contributed by atoms with E-state index in [9.17, 15) is 9.59 Å². The number of hydrogen-bond donors (Lipinski definition) is 2. The molecule has 108 valence electrons. The number of nitrogens with one attached hydrogen (secondary N) is 1. The third kappa shape index (κ3) is 3.61. The molecular formula is C14H24N2O3. The Morgan fingerprint density at radius 3 is 2.53 bits per heavy atom. The van der Waals surface area contributed by atoms with Gasteiger partial charge in [0.05, 0.1) is 5.92 Å². The van der Waals surface area contributed by atoms with E-state index < -0.39 is 5.97 Å². The van der Waals surface area contributed by atoms with E-state index in [-0.39, 0.29) is 17.9 Å². The van der Waals surface area contributed by atoms with Crippen LogP contribution in [0.5, 0.6) is 0 Å². The molecule has 0 bridgehead atoms. The third-order valence-corrected chi connectivity index (χ3v) is 4.56. The number of carboxylic acid groups (broad SMARTS) is 1. The average Bonchev–Trinajstić information content (AvgIpc) is 2.85. The fourth-order valence-corrected chi connectivity index (χ4v) is 3.15. The van der Waals surface area contributed by atoms with E-state index in [2.05, 4.69) is 12.2 Å². The lowest BCUT2D eigenvalue weighted by atomic mass is 9.96. The molecule has 2 rings (SSSR count). The second-order valence-electron chi connectivity index (χ2n) is 5.99. The SMILES string of the molecule is CC1CCN(C(=O)NCC2CCCC2C(=O)O)CC1. The fraction of sp³-hybridized carbons (Fsp3) is 0.857. The van der Waals surface area contributed by atoms with Crippen molar-refractivity contribution in [1.82, 2.24) is 10.2 Å². The summed E-state index contributed by atoms with van der Waals surface area (Å²) in [4.78, 5) is 24.9. The van der Waals surface area contributed by atoms with Crippen molar-refractivity contribution < 1.29 is 14.7 Å². The molecule has 1 aliphatic carbocycles. The van der Waals surface area contributed by atoms with Crippen LogP contribution in [0, 0.1) is 17.8 Å². The molecule has 5 nitrogen and oxygen atoms in total. The molecule has 5 heteroatoms. The van der Waals surface area contributed by atoms with Crippen LogP contribution in [0.4, 0.5) is 4.79 Å². The van der Waals surface area contributed by atoms with E-state index in [4.69, 9.17) is 5.11 Å². The molecule has 1 saturated heterocycles. The van der Waals surface area contributed by atoms with E-state index in [0.29, 0.717) is 12.5 Å². The van der Waals surface area contributed by atoms with Crippen LogP contribution in [0.2, 0.25) is 0 Å². The summed E-state index contributed by atoms with van der Waals surface area (Å²) >= 11 is 0. The first-order valence-electron chi connectivity index (χ1n) is 7.33. The number of carbonyl (C=O) groups is 2. The molecule has 2 fully saturated rings. The molecule has 0 aromatic heterocycles. The second kappa shape index (κ2) is 6.26. The number of likely N-dealkylation sites (tertiary alicyclic amines) is 1. The molecule has 2 amide bonds. The topological polar surface area (TPSA) is 69.6 Å². The van der Waals surface area contributed by atoms with Crippen LogP contribution in [-0.4, -0.2) is 41.6 Å². The summed E-state index contributed by atoms with van der Waals surface area (Å²) in [5.41, 5.74) is 0. The molecule has 2 N–H and O–H groups in total. The van der Waals surface area contributed by atoms with Gasteiger partial charge in [-0.25, -0.2) is 4.79 Å². The number of carboxylic acids is 1. The molecule has 2 atom stereocenters. The monoisotopic (exact) mass is 268 g/mol. The standard InChI is InChI=1S/C14H24N2O3/c1-10-5-7-16(8-6-10)14(19)15-9-11-3-2-4-12(11)13(17)18/h10-12H,2-9H2,1H3,(H,15,19)(H,17,18). The van der Waals surface area contributed by atoms with Crippen molar-refractivity contribution in [3.63, 3.8) is 0 Å². The number of hydrogen-bond acceptors (Lipinski definition) is 2. The van der Waals surface area contributed by atoms with Gasteiger partial charge in [0.25, 0.3) is 0 Å². The summed E-state index contributed by atoms with van der Waals surface area (Å²) in [7, 11) is 0. The molecule has 2 unspecified atom stereocenters. The lowest BCUT2D eigenvalue weighted by Crippen LogP contribution is -2.46. The normalized spacial score (nSPS) is 28.4. The third-order valence-electron chi connectivity index (χ3n) is 4.56. The number of carbonyl (C=O) groups excluding carboxylic acids is 1.